The number of hydrogen-bond acceptors (Lipinski definition) is 0. The zero-order chi connectivity index (χ0) is 15.9. The second-order valence-corrected chi connectivity index (χ2v) is 5.37. The molecule has 0 nitrogen and oxygen atoms in total. The molecule has 0 aliphatic heterocycles. The molecule has 0 aliphatic carbocycles. The highest BCUT2D eigenvalue weighted by Gasteiger charge is 2.10. The summed E-state index contributed by atoms with van der Waals surface area (Å²) in [6, 6.07) is 31.0. The van der Waals surface area contributed by atoms with Gasteiger partial charge in [-0.25, -0.2) is 0 Å². The molecule has 0 heterocycles. The molecule has 0 N–H and O–H groups in total. The van der Waals surface area contributed by atoms with Crippen LogP contribution in [0.1, 0.15) is 22.6 Å². The third kappa shape index (κ3) is 3.59. The molecule has 0 bridgehead atoms. The lowest BCUT2D eigenvalue weighted by Gasteiger charge is -2.13. The van der Waals surface area contributed by atoms with Gasteiger partial charge in [-0.05, 0) is 22.3 Å². The molecule has 0 aromatic heterocycles. The zero-order valence-electron chi connectivity index (χ0n) is 12.9. The quantitative estimate of drug-likeness (QED) is 0.555. The molecule has 3 rings (SSSR count). The predicted octanol–water partition coefficient (Wildman–Crippen LogP) is 5.54. The van der Waals surface area contributed by atoms with Gasteiger partial charge < -0.3 is 0 Å². The molecule has 0 fully saturated rings. The summed E-state index contributed by atoms with van der Waals surface area (Å²) in [4.78, 5) is 0. The van der Waals surface area contributed by atoms with Gasteiger partial charge in [-0.1, -0.05) is 103 Å². The number of terminal acetylenes is 1. The predicted molar refractivity (Wildman–Crippen MR) is 98.0 cm³/mol. The van der Waals surface area contributed by atoms with Crippen molar-refractivity contribution in [1.82, 2.24) is 0 Å². The lowest BCUT2D eigenvalue weighted by Crippen LogP contribution is -1.95. The Balaban J connectivity index is 2.10. The summed E-state index contributed by atoms with van der Waals surface area (Å²) in [6.07, 6.45) is 8.00. The van der Waals surface area contributed by atoms with Crippen molar-refractivity contribution in [2.75, 3.05) is 0 Å². The van der Waals surface area contributed by atoms with Crippen molar-refractivity contribution in [3.8, 4) is 12.3 Å². The average molecular weight is 294 g/mol. The van der Waals surface area contributed by atoms with Crippen molar-refractivity contribution in [1.29, 1.82) is 0 Å². The topological polar surface area (TPSA) is 0 Å². The van der Waals surface area contributed by atoms with E-state index in [9.17, 15) is 0 Å². The summed E-state index contributed by atoms with van der Waals surface area (Å²) in [7, 11) is 0. The van der Waals surface area contributed by atoms with Crippen LogP contribution >= 0.6 is 0 Å². The van der Waals surface area contributed by atoms with Gasteiger partial charge in [0.2, 0.25) is 0 Å². The van der Waals surface area contributed by atoms with Gasteiger partial charge in [0.15, 0.2) is 0 Å². The van der Waals surface area contributed by atoms with Gasteiger partial charge in [0.1, 0.15) is 0 Å². The standard InChI is InChI=1S/C23H18/c1-2-19(20-12-6-3-7-13-20)18-23(21-14-8-4-9-15-21)22-16-10-5-11-17-22/h1,3-19H. The Morgan fingerprint density at radius 3 is 1.57 bits per heavy atom. The Morgan fingerprint density at radius 1 is 0.696 bits per heavy atom. The van der Waals surface area contributed by atoms with Crippen LogP contribution in [-0.4, -0.2) is 0 Å². The molecule has 110 valence electrons. The van der Waals surface area contributed by atoms with Crippen LogP contribution in [0.5, 0.6) is 0 Å². The minimum atomic E-state index is -0.0494. The summed E-state index contributed by atoms with van der Waals surface area (Å²) in [5, 5.41) is 0. The molecule has 0 aliphatic rings. The second kappa shape index (κ2) is 7.29. The van der Waals surface area contributed by atoms with Crippen molar-refractivity contribution in [2.24, 2.45) is 0 Å². The van der Waals surface area contributed by atoms with Crippen LogP contribution in [0.2, 0.25) is 0 Å². The van der Waals surface area contributed by atoms with E-state index in [1.165, 1.54) is 11.1 Å². The average Bonchev–Trinajstić information content (AvgIpc) is 2.65. The van der Waals surface area contributed by atoms with Crippen LogP contribution in [-0.2, 0) is 0 Å². The van der Waals surface area contributed by atoms with Crippen molar-refractivity contribution in [3.63, 3.8) is 0 Å². The molecule has 3 aromatic rings. The first kappa shape index (κ1) is 14.9. The number of allylic oxidation sites excluding steroid dienone is 1. The largest absolute Gasteiger partial charge is 0.119 e. The number of benzene rings is 3. The Labute approximate surface area is 138 Å². The third-order valence-electron chi connectivity index (χ3n) is 3.84. The molecule has 0 amide bonds. The van der Waals surface area contributed by atoms with Crippen LogP contribution in [0.4, 0.5) is 0 Å². The van der Waals surface area contributed by atoms with E-state index in [2.05, 4.69) is 72.7 Å². The molecule has 0 saturated carbocycles. The van der Waals surface area contributed by atoms with E-state index in [1.54, 1.807) is 0 Å². The minimum absolute atomic E-state index is 0.0494. The normalized spacial score (nSPS) is 11.3. The Bertz CT molecular complexity index is 765. The zero-order valence-corrected chi connectivity index (χ0v) is 12.9. The Morgan fingerprint density at radius 2 is 1.13 bits per heavy atom. The van der Waals surface area contributed by atoms with Gasteiger partial charge in [-0.3, -0.25) is 0 Å². The first-order valence-electron chi connectivity index (χ1n) is 7.72. The van der Waals surface area contributed by atoms with E-state index in [0.29, 0.717) is 0 Å². The minimum Gasteiger partial charge on any atom is -0.119 e. The molecular formula is C23H18. The van der Waals surface area contributed by atoms with Gasteiger partial charge in [-0.2, -0.15) is 0 Å². The van der Waals surface area contributed by atoms with Gasteiger partial charge in [0, 0.05) is 0 Å². The van der Waals surface area contributed by atoms with Crippen LogP contribution < -0.4 is 0 Å². The van der Waals surface area contributed by atoms with Gasteiger partial charge in [0.05, 0.1) is 5.92 Å². The maximum atomic E-state index is 5.81. The maximum Gasteiger partial charge on any atom is 0.0639 e. The highest BCUT2D eigenvalue weighted by molar-refractivity contribution is 5.80. The molecular weight excluding hydrogens is 276 g/mol. The first-order valence-corrected chi connectivity index (χ1v) is 7.72. The fourth-order valence-electron chi connectivity index (χ4n) is 2.66. The molecule has 0 heteroatoms. The van der Waals surface area contributed by atoms with Gasteiger partial charge >= 0.3 is 0 Å². The Kier molecular flexibility index (Phi) is 4.72. The fraction of sp³-hybridized carbons (Fsp3) is 0.0435. The third-order valence-corrected chi connectivity index (χ3v) is 3.84. The van der Waals surface area contributed by atoms with E-state index in [0.717, 1.165) is 11.1 Å². The SMILES string of the molecule is C#CC(C=C(c1ccccc1)c1ccccc1)c1ccccc1. The lowest BCUT2D eigenvalue weighted by molar-refractivity contribution is 1.13. The van der Waals surface area contributed by atoms with E-state index in [1.807, 2.05) is 30.3 Å². The molecule has 0 spiro atoms. The van der Waals surface area contributed by atoms with Gasteiger partial charge in [-0.15, -0.1) is 6.42 Å². The van der Waals surface area contributed by atoms with Crippen LogP contribution in [0.3, 0.4) is 0 Å². The molecule has 1 atom stereocenters. The molecule has 0 radical (unpaired) electrons. The second-order valence-electron chi connectivity index (χ2n) is 5.37. The monoisotopic (exact) mass is 294 g/mol. The number of hydrogen-bond donors (Lipinski definition) is 0. The molecule has 0 saturated heterocycles. The molecule has 3 aromatic carbocycles. The van der Waals surface area contributed by atoms with Gasteiger partial charge in [0.25, 0.3) is 0 Å². The van der Waals surface area contributed by atoms with Crippen LogP contribution in [0.15, 0.2) is 97.1 Å². The van der Waals surface area contributed by atoms with E-state index in [4.69, 9.17) is 6.42 Å². The van der Waals surface area contributed by atoms with Crippen LogP contribution in [0.25, 0.3) is 5.57 Å². The molecule has 1 unspecified atom stereocenters. The van der Waals surface area contributed by atoms with Crippen molar-refractivity contribution < 1.29 is 0 Å². The summed E-state index contributed by atoms with van der Waals surface area (Å²) in [5.41, 5.74) is 4.65. The maximum absolute atomic E-state index is 5.81. The van der Waals surface area contributed by atoms with Crippen LogP contribution in [0, 0.1) is 12.3 Å². The fourth-order valence-corrected chi connectivity index (χ4v) is 2.66. The summed E-state index contributed by atoms with van der Waals surface area (Å²) in [6.45, 7) is 0. The summed E-state index contributed by atoms with van der Waals surface area (Å²) in [5.74, 6) is 2.86. The van der Waals surface area contributed by atoms with E-state index >= 15 is 0 Å². The summed E-state index contributed by atoms with van der Waals surface area (Å²) >= 11 is 0. The smallest absolute Gasteiger partial charge is 0.0639 e. The molecule has 23 heavy (non-hydrogen) atoms. The van der Waals surface area contributed by atoms with Crippen molar-refractivity contribution in [2.45, 2.75) is 5.92 Å². The highest BCUT2D eigenvalue weighted by atomic mass is 14.1. The Hall–Kier alpha value is -3.04. The summed E-state index contributed by atoms with van der Waals surface area (Å²) < 4.78 is 0. The highest BCUT2D eigenvalue weighted by Crippen LogP contribution is 2.28. The van der Waals surface area contributed by atoms with Crippen molar-refractivity contribution in [3.05, 3.63) is 114 Å². The lowest BCUT2D eigenvalue weighted by atomic mass is 9.91. The first-order chi connectivity index (χ1) is 11.4. The van der Waals surface area contributed by atoms with Crippen molar-refractivity contribution >= 4 is 5.57 Å². The van der Waals surface area contributed by atoms with E-state index < -0.39 is 0 Å². The van der Waals surface area contributed by atoms with E-state index in [-0.39, 0.29) is 5.92 Å². The number of rotatable bonds is 4.